The van der Waals surface area contributed by atoms with Crippen LogP contribution in [0, 0.1) is 6.92 Å². The number of nitrogens with zero attached hydrogens (tertiary/aromatic N) is 2. The van der Waals surface area contributed by atoms with E-state index in [4.69, 9.17) is 0 Å². The van der Waals surface area contributed by atoms with Gasteiger partial charge in [-0.05, 0) is 19.8 Å². The molecule has 0 saturated heterocycles. The van der Waals surface area contributed by atoms with E-state index in [-0.39, 0.29) is 5.69 Å². The molecule has 0 fully saturated rings. The molecule has 0 bridgehead atoms. The minimum atomic E-state index is -4.35. The Morgan fingerprint density at radius 3 is 2.53 bits per heavy atom. The highest BCUT2D eigenvalue weighted by molar-refractivity contribution is 5.21. The highest BCUT2D eigenvalue weighted by Crippen LogP contribution is 2.31. The fourth-order valence-electron chi connectivity index (χ4n) is 1.29. The van der Waals surface area contributed by atoms with E-state index in [1.165, 1.54) is 0 Å². The molecule has 0 spiro atoms. The fraction of sp³-hybridized carbons (Fsp3) is 0.600. The monoisotopic (exact) mass is 218 g/mol. The average Bonchev–Trinajstić information content (AvgIpc) is 2.12. The number of unbranched alkanes of at least 4 members (excludes halogenated alkanes) is 1. The van der Waals surface area contributed by atoms with E-state index in [2.05, 4.69) is 9.97 Å². The van der Waals surface area contributed by atoms with Crippen molar-refractivity contribution >= 4 is 0 Å². The van der Waals surface area contributed by atoms with Gasteiger partial charge in [-0.2, -0.15) is 13.2 Å². The number of halogens is 3. The second-order valence-electron chi connectivity index (χ2n) is 3.38. The standard InChI is InChI=1S/C10H13F3N2/c1-3-4-5-9-8(10(11,12)13)6-14-7(2)15-9/h6H,3-5H2,1-2H3. The summed E-state index contributed by atoms with van der Waals surface area (Å²) in [5, 5.41) is 0. The average molecular weight is 218 g/mol. The second kappa shape index (κ2) is 4.59. The molecule has 0 aromatic carbocycles. The van der Waals surface area contributed by atoms with Gasteiger partial charge in [0, 0.05) is 6.20 Å². The maximum absolute atomic E-state index is 12.5. The number of rotatable bonds is 3. The van der Waals surface area contributed by atoms with Gasteiger partial charge in [-0.3, -0.25) is 0 Å². The fourth-order valence-corrected chi connectivity index (χ4v) is 1.29. The van der Waals surface area contributed by atoms with E-state index < -0.39 is 11.7 Å². The molecule has 2 nitrogen and oxygen atoms in total. The Labute approximate surface area is 86.6 Å². The minimum Gasteiger partial charge on any atom is -0.241 e. The molecule has 0 N–H and O–H groups in total. The molecule has 0 radical (unpaired) electrons. The molecule has 0 aliphatic heterocycles. The van der Waals surface area contributed by atoms with Gasteiger partial charge in [-0.15, -0.1) is 0 Å². The number of alkyl halides is 3. The van der Waals surface area contributed by atoms with Gasteiger partial charge in [0.2, 0.25) is 0 Å². The third-order valence-corrected chi connectivity index (χ3v) is 2.06. The summed E-state index contributed by atoms with van der Waals surface area (Å²) in [5.41, 5.74) is -0.599. The van der Waals surface area contributed by atoms with Crippen LogP contribution in [0.2, 0.25) is 0 Å². The molecule has 1 heterocycles. The maximum atomic E-state index is 12.5. The first kappa shape index (κ1) is 11.9. The summed E-state index contributed by atoms with van der Waals surface area (Å²) in [6.07, 6.45) is -1.57. The van der Waals surface area contributed by atoms with Crippen molar-refractivity contribution in [3.63, 3.8) is 0 Å². The van der Waals surface area contributed by atoms with E-state index in [1.54, 1.807) is 6.92 Å². The predicted octanol–water partition coefficient (Wildman–Crippen LogP) is 3.15. The lowest BCUT2D eigenvalue weighted by Gasteiger charge is -2.11. The van der Waals surface area contributed by atoms with E-state index in [1.807, 2.05) is 6.92 Å². The van der Waals surface area contributed by atoms with E-state index in [9.17, 15) is 13.2 Å². The van der Waals surface area contributed by atoms with Crippen molar-refractivity contribution in [1.29, 1.82) is 0 Å². The molecule has 0 amide bonds. The molecule has 0 saturated carbocycles. The van der Waals surface area contributed by atoms with Crippen molar-refractivity contribution in [1.82, 2.24) is 9.97 Å². The van der Waals surface area contributed by atoms with Crippen LogP contribution in [0.15, 0.2) is 6.20 Å². The lowest BCUT2D eigenvalue weighted by Crippen LogP contribution is -2.12. The number of hydrogen-bond acceptors (Lipinski definition) is 2. The molecular weight excluding hydrogens is 205 g/mol. The molecule has 0 atom stereocenters. The van der Waals surface area contributed by atoms with Crippen LogP contribution in [-0.2, 0) is 12.6 Å². The zero-order valence-corrected chi connectivity index (χ0v) is 8.73. The highest BCUT2D eigenvalue weighted by atomic mass is 19.4. The molecular formula is C10H13F3N2. The molecule has 1 rings (SSSR count). The van der Waals surface area contributed by atoms with E-state index in [0.717, 1.165) is 12.6 Å². The van der Waals surface area contributed by atoms with Crippen molar-refractivity contribution in [2.45, 2.75) is 39.3 Å². The molecule has 0 unspecified atom stereocenters. The second-order valence-corrected chi connectivity index (χ2v) is 3.38. The van der Waals surface area contributed by atoms with Crippen LogP contribution in [0.4, 0.5) is 13.2 Å². The van der Waals surface area contributed by atoms with Crippen molar-refractivity contribution in [3.05, 3.63) is 23.3 Å². The van der Waals surface area contributed by atoms with Crippen LogP contribution in [0.3, 0.4) is 0 Å². The summed E-state index contributed by atoms with van der Waals surface area (Å²) in [4.78, 5) is 7.43. The predicted molar refractivity (Wildman–Crippen MR) is 50.4 cm³/mol. The summed E-state index contributed by atoms with van der Waals surface area (Å²) in [6.45, 7) is 3.52. The molecule has 0 aliphatic rings. The highest BCUT2D eigenvalue weighted by Gasteiger charge is 2.34. The normalized spacial score (nSPS) is 11.8. The molecule has 1 aromatic rings. The molecule has 1 aromatic heterocycles. The SMILES string of the molecule is CCCCc1nc(C)ncc1C(F)(F)F. The third-order valence-electron chi connectivity index (χ3n) is 2.06. The maximum Gasteiger partial charge on any atom is 0.419 e. The summed E-state index contributed by atoms with van der Waals surface area (Å²) in [6, 6.07) is 0. The Balaban J connectivity index is 3.03. The number of hydrogen-bond donors (Lipinski definition) is 0. The molecule has 0 aliphatic carbocycles. The summed E-state index contributed by atoms with van der Waals surface area (Å²) in [5.74, 6) is 0.383. The third kappa shape index (κ3) is 3.18. The lowest BCUT2D eigenvalue weighted by molar-refractivity contribution is -0.138. The van der Waals surface area contributed by atoms with Gasteiger partial charge in [0.05, 0.1) is 11.3 Å². The van der Waals surface area contributed by atoms with Crippen LogP contribution in [0.25, 0.3) is 0 Å². The smallest absolute Gasteiger partial charge is 0.241 e. The first-order valence-corrected chi connectivity index (χ1v) is 4.85. The molecule has 15 heavy (non-hydrogen) atoms. The van der Waals surface area contributed by atoms with Crippen molar-refractivity contribution in [2.24, 2.45) is 0 Å². The van der Waals surface area contributed by atoms with Crippen LogP contribution in [0.5, 0.6) is 0 Å². The van der Waals surface area contributed by atoms with E-state index in [0.29, 0.717) is 18.7 Å². The van der Waals surface area contributed by atoms with Crippen LogP contribution >= 0.6 is 0 Å². The quantitative estimate of drug-likeness (QED) is 0.778. The summed E-state index contributed by atoms with van der Waals surface area (Å²) in [7, 11) is 0. The molecule has 5 heteroatoms. The molecule has 84 valence electrons. The number of aryl methyl sites for hydroxylation is 2. The first-order valence-electron chi connectivity index (χ1n) is 4.85. The van der Waals surface area contributed by atoms with Gasteiger partial charge in [0.1, 0.15) is 5.82 Å². The van der Waals surface area contributed by atoms with Gasteiger partial charge in [0.25, 0.3) is 0 Å². The zero-order chi connectivity index (χ0) is 11.5. The van der Waals surface area contributed by atoms with Crippen LogP contribution < -0.4 is 0 Å². The van der Waals surface area contributed by atoms with Gasteiger partial charge < -0.3 is 0 Å². The van der Waals surface area contributed by atoms with E-state index >= 15 is 0 Å². The van der Waals surface area contributed by atoms with Gasteiger partial charge in [-0.1, -0.05) is 13.3 Å². The first-order chi connectivity index (χ1) is 6.95. The largest absolute Gasteiger partial charge is 0.419 e. The minimum absolute atomic E-state index is 0.108. The Hall–Kier alpha value is -1.13. The Kier molecular flexibility index (Phi) is 3.66. The van der Waals surface area contributed by atoms with Gasteiger partial charge in [0.15, 0.2) is 0 Å². The van der Waals surface area contributed by atoms with Crippen molar-refractivity contribution < 1.29 is 13.2 Å². The Morgan fingerprint density at radius 2 is 2.00 bits per heavy atom. The zero-order valence-electron chi connectivity index (χ0n) is 8.73. The van der Waals surface area contributed by atoms with Crippen LogP contribution in [0.1, 0.15) is 36.8 Å². The Morgan fingerprint density at radius 1 is 1.33 bits per heavy atom. The topological polar surface area (TPSA) is 25.8 Å². The van der Waals surface area contributed by atoms with Crippen LogP contribution in [-0.4, -0.2) is 9.97 Å². The van der Waals surface area contributed by atoms with Gasteiger partial charge in [-0.25, -0.2) is 9.97 Å². The Bertz CT molecular complexity index is 334. The summed E-state index contributed by atoms with van der Waals surface area (Å²) >= 11 is 0. The lowest BCUT2D eigenvalue weighted by atomic mass is 10.1. The summed E-state index contributed by atoms with van der Waals surface area (Å²) < 4.78 is 37.6. The van der Waals surface area contributed by atoms with Crippen molar-refractivity contribution in [3.8, 4) is 0 Å². The van der Waals surface area contributed by atoms with Gasteiger partial charge >= 0.3 is 6.18 Å². The van der Waals surface area contributed by atoms with Crippen molar-refractivity contribution in [2.75, 3.05) is 0 Å². The number of aromatic nitrogens is 2.